The second-order valence-electron chi connectivity index (χ2n) is 6.65. The van der Waals surface area contributed by atoms with Crippen LogP contribution in [0.4, 0.5) is 0 Å². The van der Waals surface area contributed by atoms with Crippen LogP contribution in [0.1, 0.15) is 29.2 Å². The van der Waals surface area contributed by atoms with Crippen LogP contribution in [0.3, 0.4) is 0 Å². The fourth-order valence-corrected chi connectivity index (χ4v) is 4.49. The molecule has 1 fully saturated rings. The molecule has 2 aromatic rings. The number of nitrogens with two attached hydrogens (primary N) is 1. The zero-order valence-corrected chi connectivity index (χ0v) is 12.3. The zero-order chi connectivity index (χ0) is 13.9. The largest absolute Gasteiger partial charge is 0.358 e. The maximum absolute atomic E-state index is 5.95. The van der Waals surface area contributed by atoms with Crippen LogP contribution in [0.2, 0.25) is 0 Å². The molecule has 4 rings (SSSR count). The van der Waals surface area contributed by atoms with Gasteiger partial charge in [0.1, 0.15) is 0 Å². The first-order chi connectivity index (χ1) is 9.69. The van der Waals surface area contributed by atoms with E-state index >= 15 is 0 Å². The Bertz CT molecular complexity index is 658. The monoisotopic (exact) mass is 269 g/mol. The number of hydrogen-bond acceptors (Lipinski definition) is 2. The highest BCUT2D eigenvalue weighted by Crippen LogP contribution is 2.44. The second kappa shape index (κ2) is 4.34. The molecule has 1 unspecified atom stereocenters. The Labute approximate surface area is 120 Å². The number of aromatic nitrogens is 1. The molecule has 1 aliphatic heterocycles. The Morgan fingerprint density at radius 3 is 3.05 bits per heavy atom. The number of piperidine rings is 1. The summed E-state index contributed by atoms with van der Waals surface area (Å²) in [5, 5.41) is 1.50. The molecule has 0 amide bonds. The molecule has 1 aliphatic carbocycles. The topological polar surface area (TPSA) is 45.1 Å². The summed E-state index contributed by atoms with van der Waals surface area (Å²) in [7, 11) is 2.27. The third kappa shape index (κ3) is 1.60. The van der Waals surface area contributed by atoms with Crippen LogP contribution >= 0.6 is 0 Å². The standard InChI is InChI=1S/C17H23N3/c1-10-13-7-16-14(6-11(8-18)9-20(16)2)12-4-3-5-15(19-10)17(12)13/h3-5,11,14,16,19H,6-9,18H2,1-2H3/t11-,14?,16+/m0/s1. The first kappa shape index (κ1) is 12.4. The Morgan fingerprint density at radius 2 is 2.25 bits per heavy atom. The van der Waals surface area contributed by atoms with Crippen LogP contribution in [0, 0.1) is 12.8 Å². The zero-order valence-electron chi connectivity index (χ0n) is 12.3. The van der Waals surface area contributed by atoms with E-state index in [0.29, 0.717) is 17.9 Å². The summed E-state index contributed by atoms with van der Waals surface area (Å²) in [6.45, 7) is 4.17. The first-order valence-electron chi connectivity index (χ1n) is 7.69. The summed E-state index contributed by atoms with van der Waals surface area (Å²) in [5.41, 5.74) is 11.7. The molecule has 3 nitrogen and oxygen atoms in total. The van der Waals surface area contributed by atoms with Crippen molar-refractivity contribution in [1.82, 2.24) is 9.88 Å². The molecule has 0 saturated carbocycles. The summed E-state index contributed by atoms with van der Waals surface area (Å²) >= 11 is 0. The summed E-state index contributed by atoms with van der Waals surface area (Å²) in [4.78, 5) is 6.11. The van der Waals surface area contributed by atoms with Gasteiger partial charge in [-0.15, -0.1) is 0 Å². The van der Waals surface area contributed by atoms with Gasteiger partial charge in [0, 0.05) is 35.1 Å². The molecule has 20 heavy (non-hydrogen) atoms. The number of nitrogens with one attached hydrogen (secondary N) is 1. The maximum Gasteiger partial charge on any atom is 0.0461 e. The number of benzene rings is 1. The quantitative estimate of drug-likeness (QED) is 0.835. The summed E-state index contributed by atoms with van der Waals surface area (Å²) in [6, 6.07) is 7.39. The van der Waals surface area contributed by atoms with E-state index in [1.807, 2.05) is 0 Å². The molecule has 1 aromatic heterocycles. The van der Waals surface area contributed by atoms with Crippen molar-refractivity contribution >= 4 is 10.9 Å². The predicted octanol–water partition coefficient (Wildman–Crippen LogP) is 2.40. The van der Waals surface area contributed by atoms with Gasteiger partial charge in [-0.2, -0.15) is 0 Å². The number of likely N-dealkylation sites (tertiary alicyclic amines) is 1. The van der Waals surface area contributed by atoms with Crippen molar-refractivity contribution in [3.05, 3.63) is 35.0 Å². The number of aromatic amines is 1. The molecule has 106 valence electrons. The lowest BCUT2D eigenvalue weighted by molar-refractivity contribution is 0.115. The normalized spacial score (nSPS) is 29.6. The van der Waals surface area contributed by atoms with Gasteiger partial charge in [-0.05, 0) is 56.5 Å². The van der Waals surface area contributed by atoms with Gasteiger partial charge >= 0.3 is 0 Å². The van der Waals surface area contributed by atoms with Crippen molar-refractivity contribution in [1.29, 1.82) is 0 Å². The predicted molar refractivity (Wildman–Crippen MR) is 83.1 cm³/mol. The number of fused-ring (bicyclic) bond motifs is 2. The van der Waals surface area contributed by atoms with Crippen molar-refractivity contribution in [2.45, 2.75) is 31.7 Å². The van der Waals surface area contributed by atoms with Gasteiger partial charge in [0.2, 0.25) is 0 Å². The SMILES string of the molecule is Cc1[nH]c2cccc3c2c1C[C@@H]1C3C[C@@H](CN)CN1C. The fourth-order valence-electron chi connectivity index (χ4n) is 4.49. The average molecular weight is 269 g/mol. The van der Waals surface area contributed by atoms with Gasteiger partial charge in [0.05, 0.1) is 0 Å². The van der Waals surface area contributed by atoms with Crippen LogP contribution in [-0.4, -0.2) is 36.1 Å². The van der Waals surface area contributed by atoms with Crippen molar-refractivity contribution in [2.24, 2.45) is 11.7 Å². The van der Waals surface area contributed by atoms with Gasteiger partial charge in [0.15, 0.2) is 0 Å². The number of hydrogen-bond donors (Lipinski definition) is 2. The van der Waals surface area contributed by atoms with Gasteiger partial charge in [-0.25, -0.2) is 0 Å². The third-order valence-electron chi connectivity index (χ3n) is 5.48. The Hall–Kier alpha value is -1.32. The summed E-state index contributed by atoms with van der Waals surface area (Å²) in [6.07, 6.45) is 2.43. The Morgan fingerprint density at radius 1 is 1.40 bits per heavy atom. The van der Waals surface area contributed by atoms with Crippen molar-refractivity contribution in [2.75, 3.05) is 20.1 Å². The number of rotatable bonds is 1. The van der Waals surface area contributed by atoms with E-state index in [0.717, 1.165) is 13.1 Å². The van der Waals surface area contributed by atoms with E-state index in [2.05, 4.69) is 42.1 Å². The average Bonchev–Trinajstić information content (AvgIpc) is 2.77. The molecule has 3 N–H and O–H groups in total. The highest BCUT2D eigenvalue weighted by atomic mass is 15.1. The number of aryl methyl sites for hydroxylation is 1. The smallest absolute Gasteiger partial charge is 0.0461 e. The maximum atomic E-state index is 5.95. The molecular weight excluding hydrogens is 246 g/mol. The van der Waals surface area contributed by atoms with Crippen LogP contribution < -0.4 is 5.73 Å². The van der Waals surface area contributed by atoms with Crippen LogP contribution in [0.25, 0.3) is 10.9 Å². The molecule has 0 spiro atoms. The van der Waals surface area contributed by atoms with Crippen LogP contribution in [0.15, 0.2) is 18.2 Å². The lowest BCUT2D eigenvalue weighted by Crippen LogP contribution is -2.49. The van der Waals surface area contributed by atoms with Gasteiger partial charge in [-0.1, -0.05) is 12.1 Å². The van der Waals surface area contributed by atoms with Gasteiger partial charge < -0.3 is 15.6 Å². The molecule has 1 saturated heterocycles. The van der Waals surface area contributed by atoms with Crippen molar-refractivity contribution in [3.63, 3.8) is 0 Å². The third-order valence-corrected chi connectivity index (χ3v) is 5.48. The Kier molecular flexibility index (Phi) is 2.69. The van der Waals surface area contributed by atoms with Crippen molar-refractivity contribution < 1.29 is 0 Å². The molecule has 2 heterocycles. The molecule has 1 aromatic carbocycles. The highest BCUT2D eigenvalue weighted by Gasteiger charge is 2.39. The van der Waals surface area contributed by atoms with Crippen LogP contribution in [0.5, 0.6) is 0 Å². The molecule has 2 aliphatic rings. The highest BCUT2D eigenvalue weighted by molar-refractivity contribution is 5.89. The summed E-state index contributed by atoms with van der Waals surface area (Å²) in [5.74, 6) is 1.28. The second-order valence-corrected chi connectivity index (χ2v) is 6.65. The minimum atomic E-state index is 0.637. The number of nitrogens with zero attached hydrogens (tertiary/aromatic N) is 1. The van der Waals surface area contributed by atoms with Gasteiger partial charge in [-0.3, -0.25) is 0 Å². The summed E-state index contributed by atoms with van der Waals surface area (Å²) < 4.78 is 0. The number of H-pyrrole nitrogens is 1. The van der Waals surface area contributed by atoms with E-state index < -0.39 is 0 Å². The van der Waals surface area contributed by atoms with E-state index in [9.17, 15) is 0 Å². The minimum absolute atomic E-state index is 0.637. The van der Waals surface area contributed by atoms with E-state index in [1.165, 1.54) is 35.0 Å². The lowest BCUT2D eigenvalue weighted by atomic mass is 9.72. The van der Waals surface area contributed by atoms with Gasteiger partial charge in [0.25, 0.3) is 0 Å². The molecular formula is C17H23N3. The molecule has 3 atom stereocenters. The molecule has 0 radical (unpaired) electrons. The van der Waals surface area contributed by atoms with E-state index in [4.69, 9.17) is 5.73 Å². The molecule has 0 bridgehead atoms. The lowest BCUT2D eigenvalue weighted by Gasteiger charge is -2.45. The van der Waals surface area contributed by atoms with Crippen molar-refractivity contribution in [3.8, 4) is 0 Å². The first-order valence-corrected chi connectivity index (χ1v) is 7.69. The van der Waals surface area contributed by atoms with E-state index in [-0.39, 0.29) is 0 Å². The fraction of sp³-hybridized carbons (Fsp3) is 0.529. The van der Waals surface area contributed by atoms with E-state index in [1.54, 1.807) is 5.56 Å². The minimum Gasteiger partial charge on any atom is -0.358 e. The van der Waals surface area contributed by atoms with Crippen LogP contribution in [-0.2, 0) is 6.42 Å². The number of likely N-dealkylation sites (N-methyl/N-ethyl adjacent to an activating group) is 1. The Balaban J connectivity index is 1.89. The molecule has 3 heteroatoms.